The molecular formula is C17H20BrN3O. The summed E-state index contributed by atoms with van der Waals surface area (Å²) in [5.41, 5.74) is 10.8. The first-order valence-corrected chi connectivity index (χ1v) is 8.23. The fraction of sp³-hybridized carbons (Fsp3) is 0.353. The third kappa shape index (κ3) is 3.04. The van der Waals surface area contributed by atoms with Crippen molar-refractivity contribution in [3.8, 4) is 17.0 Å². The molecule has 5 heteroatoms. The summed E-state index contributed by atoms with van der Waals surface area (Å²) in [6, 6.07) is 8.05. The number of nitrogen functional groups attached to an aromatic ring is 1. The Kier molecular flexibility index (Phi) is 4.25. The molecule has 1 fully saturated rings. The number of benzene rings is 1. The molecule has 1 aliphatic carbocycles. The summed E-state index contributed by atoms with van der Waals surface area (Å²) >= 11 is 3.62. The number of ether oxygens (including phenoxy) is 1. The summed E-state index contributed by atoms with van der Waals surface area (Å²) in [4.78, 5) is 4.43. The molecule has 4 nitrogen and oxygen atoms in total. The van der Waals surface area contributed by atoms with Gasteiger partial charge in [-0.15, -0.1) is 0 Å². The third-order valence-electron chi connectivity index (χ3n) is 3.94. The SMILES string of the molecule is COc1nc(C)ccc1-c1ccc(NCC2CC2)c(N)c1Br. The number of hydrogen-bond donors (Lipinski definition) is 2. The monoisotopic (exact) mass is 361 g/mol. The van der Waals surface area contributed by atoms with Crippen LogP contribution in [-0.4, -0.2) is 18.6 Å². The molecule has 1 aromatic heterocycles. The molecule has 3 rings (SSSR count). The van der Waals surface area contributed by atoms with E-state index in [0.29, 0.717) is 5.88 Å². The van der Waals surface area contributed by atoms with E-state index in [-0.39, 0.29) is 0 Å². The van der Waals surface area contributed by atoms with Crippen molar-refractivity contribution >= 4 is 27.3 Å². The molecule has 1 aromatic carbocycles. The van der Waals surface area contributed by atoms with Crippen molar-refractivity contribution in [1.29, 1.82) is 0 Å². The van der Waals surface area contributed by atoms with Gasteiger partial charge in [0.1, 0.15) is 0 Å². The van der Waals surface area contributed by atoms with Gasteiger partial charge in [-0.05, 0) is 59.8 Å². The number of pyridine rings is 1. The van der Waals surface area contributed by atoms with Crippen LogP contribution in [0.4, 0.5) is 11.4 Å². The number of aryl methyl sites for hydroxylation is 1. The molecule has 0 aliphatic heterocycles. The number of hydrogen-bond acceptors (Lipinski definition) is 4. The van der Waals surface area contributed by atoms with Crippen molar-refractivity contribution in [2.75, 3.05) is 24.7 Å². The van der Waals surface area contributed by atoms with E-state index in [1.54, 1.807) is 7.11 Å². The first-order valence-electron chi connectivity index (χ1n) is 7.44. The molecule has 0 atom stereocenters. The van der Waals surface area contributed by atoms with Gasteiger partial charge in [-0.25, -0.2) is 4.98 Å². The first-order chi connectivity index (χ1) is 10.6. The Morgan fingerprint density at radius 3 is 2.68 bits per heavy atom. The zero-order valence-corrected chi connectivity index (χ0v) is 14.4. The van der Waals surface area contributed by atoms with E-state index in [9.17, 15) is 0 Å². The molecule has 0 bridgehead atoms. The Morgan fingerprint density at radius 2 is 2.00 bits per heavy atom. The quantitative estimate of drug-likeness (QED) is 0.782. The van der Waals surface area contributed by atoms with Gasteiger partial charge in [0.2, 0.25) is 5.88 Å². The van der Waals surface area contributed by atoms with E-state index in [2.05, 4.69) is 26.2 Å². The van der Waals surface area contributed by atoms with Gasteiger partial charge >= 0.3 is 0 Å². The first kappa shape index (κ1) is 15.2. The maximum Gasteiger partial charge on any atom is 0.221 e. The molecule has 116 valence electrons. The predicted molar refractivity (Wildman–Crippen MR) is 94.3 cm³/mol. The molecule has 0 spiro atoms. The summed E-state index contributed by atoms with van der Waals surface area (Å²) in [6.07, 6.45) is 2.64. The highest BCUT2D eigenvalue weighted by Gasteiger charge is 2.21. The van der Waals surface area contributed by atoms with Crippen molar-refractivity contribution < 1.29 is 4.74 Å². The lowest BCUT2D eigenvalue weighted by Gasteiger charge is -2.15. The van der Waals surface area contributed by atoms with Crippen LogP contribution >= 0.6 is 15.9 Å². The number of nitrogens with zero attached hydrogens (tertiary/aromatic N) is 1. The van der Waals surface area contributed by atoms with E-state index in [4.69, 9.17) is 10.5 Å². The van der Waals surface area contributed by atoms with Crippen molar-refractivity contribution in [2.45, 2.75) is 19.8 Å². The Hall–Kier alpha value is -1.75. The number of anilines is 2. The Balaban J connectivity index is 1.95. The Morgan fingerprint density at radius 1 is 1.27 bits per heavy atom. The van der Waals surface area contributed by atoms with E-state index in [1.807, 2.05) is 31.2 Å². The summed E-state index contributed by atoms with van der Waals surface area (Å²) in [7, 11) is 1.63. The minimum atomic E-state index is 0.610. The molecule has 1 saturated carbocycles. The Labute approximate surface area is 139 Å². The van der Waals surface area contributed by atoms with Gasteiger partial charge in [-0.2, -0.15) is 0 Å². The molecule has 22 heavy (non-hydrogen) atoms. The molecule has 2 aromatic rings. The van der Waals surface area contributed by atoms with E-state index in [0.717, 1.165) is 45.1 Å². The van der Waals surface area contributed by atoms with Gasteiger partial charge in [-0.3, -0.25) is 0 Å². The average Bonchev–Trinajstić information content (AvgIpc) is 3.33. The second kappa shape index (κ2) is 6.16. The van der Waals surface area contributed by atoms with Crippen LogP contribution in [0.5, 0.6) is 5.88 Å². The Bertz CT molecular complexity index is 699. The highest BCUT2D eigenvalue weighted by molar-refractivity contribution is 9.10. The molecular weight excluding hydrogens is 342 g/mol. The topological polar surface area (TPSA) is 60.2 Å². The van der Waals surface area contributed by atoms with E-state index < -0.39 is 0 Å². The zero-order valence-electron chi connectivity index (χ0n) is 12.8. The molecule has 0 radical (unpaired) electrons. The fourth-order valence-electron chi connectivity index (χ4n) is 2.42. The van der Waals surface area contributed by atoms with Crippen LogP contribution in [0.2, 0.25) is 0 Å². The molecule has 0 saturated heterocycles. The third-order valence-corrected chi connectivity index (χ3v) is 4.80. The number of aromatic nitrogens is 1. The van der Waals surface area contributed by atoms with Crippen LogP contribution in [0.25, 0.3) is 11.1 Å². The number of halogens is 1. The van der Waals surface area contributed by atoms with Gasteiger partial charge in [-0.1, -0.05) is 6.07 Å². The largest absolute Gasteiger partial charge is 0.481 e. The lowest BCUT2D eigenvalue weighted by atomic mass is 10.0. The second-order valence-electron chi connectivity index (χ2n) is 5.72. The summed E-state index contributed by atoms with van der Waals surface area (Å²) < 4.78 is 6.28. The molecule has 0 unspecified atom stereocenters. The smallest absolute Gasteiger partial charge is 0.221 e. The van der Waals surface area contributed by atoms with Gasteiger partial charge < -0.3 is 15.8 Å². The van der Waals surface area contributed by atoms with Gasteiger partial charge in [0, 0.05) is 23.4 Å². The summed E-state index contributed by atoms with van der Waals surface area (Å²) in [5.74, 6) is 1.41. The van der Waals surface area contributed by atoms with Crippen molar-refractivity contribution in [3.05, 3.63) is 34.4 Å². The highest BCUT2D eigenvalue weighted by Crippen LogP contribution is 2.40. The maximum absolute atomic E-state index is 6.28. The van der Waals surface area contributed by atoms with E-state index >= 15 is 0 Å². The van der Waals surface area contributed by atoms with Gasteiger partial charge in [0.15, 0.2) is 0 Å². The van der Waals surface area contributed by atoms with Crippen LogP contribution < -0.4 is 15.8 Å². The maximum atomic E-state index is 6.28. The lowest BCUT2D eigenvalue weighted by Crippen LogP contribution is -2.06. The van der Waals surface area contributed by atoms with Crippen LogP contribution in [-0.2, 0) is 0 Å². The number of nitrogens with one attached hydrogen (secondary N) is 1. The summed E-state index contributed by atoms with van der Waals surface area (Å²) in [5, 5.41) is 3.43. The minimum Gasteiger partial charge on any atom is -0.481 e. The van der Waals surface area contributed by atoms with E-state index in [1.165, 1.54) is 12.8 Å². The van der Waals surface area contributed by atoms with Crippen molar-refractivity contribution in [1.82, 2.24) is 4.98 Å². The number of nitrogens with two attached hydrogens (primary N) is 1. The van der Waals surface area contributed by atoms with Gasteiger partial charge in [0.25, 0.3) is 0 Å². The molecule has 1 heterocycles. The van der Waals surface area contributed by atoms with Crippen molar-refractivity contribution in [3.63, 3.8) is 0 Å². The molecule has 0 amide bonds. The molecule has 3 N–H and O–H groups in total. The van der Waals surface area contributed by atoms with Crippen LogP contribution in [0, 0.1) is 12.8 Å². The second-order valence-corrected chi connectivity index (χ2v) is 6.52. The van der Waals surface area contributed by atoms with Crippen LogP contribution in [0.3, 0.4) is 0 Å². The predicted octanol–water partition coefficient (Wildman–Crippen LogP) is 4.23. The standard InChI is InChI=1S/C17H20BrN3O/c1-10-3-6-13(17(21-10)22-2)12-7-8-14(16(19)15(12)18)20-9-11-4-5-11/h3,6-8,11,20H,4-5,9,19H2,1-2H3. The molecule has 1 aliphatic rings. The van der Waals surface area contributed by atoms with Crippen LogP contribution in [0.15, 0.2) is 28.7 Å². The van der Waals surface area contributed by atoms with Crippen LogP contribution in [0.1, 0.15) is 18.5 Å². The average molecular weight is 362 g/mol. The zero-order chi connectivity index (χ0) is 15.7. The minimum absolute atomic E-state index is 0.610. The number of rotatable bonds is 5. The lowest BCUT2D eigenvalue weighted by molar-refractivity contribution is 0.398. The normalized spacial score (nSPS) is 14.0. The van der Waals surface area contributed by atoms with Gasteiger partial charge in [0.05, 0.1) is 23.0 Å². The summed E-state index contributed by atoms with van der Waals surface area (Å²) in [6.45, 7) is 2.94. The number of methoxy groups -OCH3 is 1. The van der Waals surface area contributed by atoms with Crippen molar-refractivity contribution in [2.24, 2.45) is 5.92 Å². The fourth-order valence-corrected chi connectivity index (χ4v) is 2.98. The highest BCUT2D eigenvalue weighted by atomic mass is 79.9.